The summed E-state index contributed by atoms with van der Waals surface area (Å²) in [7, 11) is 1.73. The van der Waals surface area contributed by atoms with Gasteiger partial charge in [0.1, 0.15) is 0 Å². The van der Waals surface area contributed by atoms with E-state index in [2.05, 4.69) is 6.92 Å². The highest BCUT2D eigenvalue weighted by molar-refractivity contribution is 4.57. The van der Waals surface area contributed by atoms with Gasteiger partial charge in [0.25, 0.3) is 0 Å². The lowest BCUT2D eigenvalue weighted by molar-refractivity contribution is 0.138. The van der Waals surface area contributed by atoms with E-state index in [-0.39, 0.29) is 6.10 Å². The van der Waals surface area contributed by atoms with Crippen molar-refractivity contribution in [3.8, 4) is 0 Å². The van der Waals surface area contributed by atoms with Crippen LogP contribution in [-0.2, 0) is 4.74 Å². The van der Waals surface area contributed by atoms with Crippen LogP contribution in [0.3, 0.4) is 0 Å². The van der Waals surface area contributed by atoms with Crippen LogP contribution in [0.2, 0.25) is 0 Å². The number of ether oxygens (including phenoxy) is 1. The van der Waals surface area contributed by atoms with Crippen LogP contribution in [0.15, 0.2) is 0 Å². The maximum atomic E-state index is 9.75. The molecule has 104 valence electrons. The maximum Gasteiger partial charge on any atom is 0.0540 e. The van der Waals surface area contributed by atoms with E-state index in [4.69, 9.17) is 4.74 Å². The Labute approximate surface area is 108 Å². The SMILES string of the molecule is CCCCCCCCCC(O)CCCCOC. The van der Waals surface area contributed by atoms with Crippen molar-refractivity contribution in [2.24, 2.45) is 0 Å². The van der Waals surface area contributed by atoms with Crippen LogP contribution in [0, 0.1) is 0 Å². The average molecular weight is 244 g/mol. The maximum absolute atomic E-state index is 9.75. The minimum absolute atomic E-state index is 0.0810. The van der Waals surface area contributed by atoms with E-state index >= 15 is 0 Å². The van der Waals surface area contributed by atoms with Crippen LogP contribution in [0.5, 0.6) is 0 Å². The van der Waals surface area contributed by atoms with E-state index in [0.29, 0.717) is 0 Å². The van der Waals surface area contributed by atoms with Gasteiger partial charge in [-0.3, -0.25) is 0 Å². The second-order valence-corrected chi connectivity index (χ2v) is 5.05. The summed E-state index contributed by atoms with van der Waals surface area (Å²) in [4.78, 5) is 0. The molecule has 0 rings (SSSR count). The number of hydrogen-bond donors (Lipinski definition) is 1. The second-order valence-electron chi connectivity index (χ2n) is 5.05. The first kappa shape index (κ1) is 16.9. The third kappa shape index (κ3) is 13.9. The molecule has 0 heterocycles. The summed E-state index contributed by atoms with van der Waals surface area (Å²) in [6.07, 6.45) is 13.3. The zero-order valence-corrected chi connectivity index (χ0v) is 11.9. The molecule has 1 unspecified atom stereocenters. The van der Waals surface area contributed by atoms with Crippen molar-refractivity contribution in [2.75, 3.05) is 13.7 Å². The Balaban J connectivity index is 3.08. The number of aliphatic hydroxyl groups is 1. The van der Waals surface area contributed by atoms with Crippen LogP contribution < -0.4 is 0 Å². The zero-order valence-electron chi connectivity index (χ0n) is 11.9. The lowest BCUT2D eigenvalue weighted by atomic mass is 10.0. The molecular weight excluding hydrogens is 212 g/mol. The van der Waals surface area contributed by atoms with Crippen molar-refractivity contribution in [3.63, 3.8) is 0 Å². The van der Waals surface area contributed by atoms with Gasteiger partial charge < -0.3 is 9.84 Å². The summed E-state index contributed by atoms with van der Waals surface area (Å²) in [5, 5.41) is 9.75. The Hall–Kier alpha value is -0.0800. The van der Waals surface area contributed by atoms with E-state index in [1.165, 1.54) is 44.9 Å². The van der Waals surface area contributed by atoms with E-state index in [9.17, 15) is 5.11 Å². The fraction of sp³-hybridized carbons (Fsp3) is 1.00. The van der Waals surface area contributed by atoms with Gasteiger partial charge >= 0.3 is 0 Å². The average Bonchev–Trinajstić information content (AvgIpc) is 2.33. The van der Waals surface area contributed by atoms with Crippen molar-refractivity contribution in [2.45, 2.75) is 83.7 Å². The summed E-state index contributed by atoms with van der Waals surface area (Å²) in [5.41, 5.74) is 0. The van der Waals surface area contributed by atoms with Gasteiger partial charge in [0.15, 0.2) is 0 Å². The topological polar surface area (TPSA) is 29.5 Å². The van der Waals surface area contributed by atoms with E-state index < -0.39 is 0 Å². The molecule has 0 spiro atoms. The lowest BCUT2D eigenvalue weighted by Crippen LogP contribution is -2.06. The Morgan fingerprint density at radius 3 is 1.94 bits per heavy atom. The fourth-order valence-electron chi connectivity index (χ4n) is 2.11. The van der Waals surface area contributed by atoms with Crippen molar-refractivity contribution in [3.05, 3.63) is 0 Å². The van der Waals surface area contributed by atoms with Gasteiger partial charge in [-0.05, 0) is 25.7 Å². The minimum atomic E-state index is -0.0810. The molecule has 0 bridgehead atoms. The molecule has 1 N–H and O–H groups in total. The number of aliphatic hydroxyl groups excluding tert-OH is 1. The summed E-state index contributed by atoms with van der Waals surface area (Å²) < 4.78 is 4.99. The smallest absolute Gasteiger partial charge is 0.0540 e. The molecule has 0 aromatic carbocycles. The molecule has 0 aromatic heterocycles. The zero-order chi connectivity index (χ0) is 12.8. The highest BCUT2D eigenvalue weighted by Gasteiger charge is 2.03. The van der Waals surface area contributed by atoms with E-state index in [1.807, 2.05) is 0 Å². The molecule has 0 fully saturated rings. The monoisotopic (exact) mass is 244 g/mol. The van der Waals surface area contributed by atoms with E-state index in [1.54, 1.807) is 7.11 Å². The minimum Gasteiger partial charge on any atom is -0.393 e. The van der Waals surface area contributed by atoms with Crippen molar-refractivity contribution >= 4 is 0 Å². The van der Waals surface area contributed by atoms with Crippen molar-refractivity contribution in [1.29, 1.82) is 0 Å². The molecule has 0 aliphatic rings. The summed E-state index contributed by atoms with van der Waals surface area (Å²) >= 11 is 0. The Bertz CT molecular complexity index is 137. The predicted molar refractivity (Wildman–Crippen MR) is 74.3 cm³/mol. The quantitative estimate of drug-likeness (QED) is 0.489. The Morgan fingerprint density at radius 1 is 0.824 bits per heavy atom. The van der Waals surface area contributed by atoms with Crippen molar-refractivity contribution in [1.82, 2.24) is 0 Å². The highest BCUT2D eigenvalue weighted by atomic mass is 16.5. The highest BCUT2D eigenvalue weighted by Crippen LogP contribution is 2.12. The third-order valence-electron chi connectivity index (χ3n) is 3.28. The summed E-state index contributed by atoms with van der Waals surface area (Å²) in [6, 6.07) is 0. The van der Waals surface area contributed by atoms with Gasteiger partial charge in [-0.15, -0.1) is 0 Å². The predicted octanol–water partition coefficient (Wildman–Crippen LogP) is 4.30. The molecule has 17 heavy (non-hydrogen) atoms. The normalized spacial score (nSPS) is 12.9. The molecule has 0 aliphatic heterocycles. The lowest BCUT2D eigenvalue weighted by Gasteiger charge is -2.09. The Kier molecular flexibility index (Phi) is 13.9. The van der Waals surface area contributed by atoms with Crippen molar-refractivity contribution < 1.29 is 9.84 Å². The first-order chi connectivity index (χ1) is 8.31. The molecule has 0 aliphatic carbocycles. The molecule has 0 saturated carbocycles. The summed E-state index contributed by atoms with van der Waals surface area (Å²) in [5.74, 6) is 0. The van der Waals surface area contributed by atoms with Gasteiger partial charge in [0, 0.05) is 13.7 Å². The number of hydrogen-bond acceptors (Lipinski definition) is 2. The first-order valence-corrected chi connectivity index (χ1v) is 7.48. The van der Waals surface area contributed by atoms with Crippen LogP contribution in [0.1, 0.15) is 77.6 Å². The fourth-order valence-corrected chi connectivity index (χ4v) is 2.11. The number of unbranched alkanes of at least 4 members (excludes halogenated alkanes) is 7. The molecule has 1 atom stereocenters. The van der Waals surface area contributed by atoms with E-state index in [0.717, 1.165) is 32.3 Å². The van der Waals surface area contributed by atoms with Gasteiger partial charge in [-0.25, -0.2) is 0 Å². The molecule has 0 aromatic rings. The first-order valence-electron chi connectivity index (χ1n) is 7.48. The number of rotatable bonds is 13. The standard InChI is InChI=1S/C15H32O2/c1-3-4-5-6-7-8-9-12-15(16)13-10-11-14-17-2/h15-16H,3-14H2,1-2H3. The van der Waals surface area contributed by atoms with Crippen LogP contribution in [-0.4, -0.2) is 24.9 Å². The van der Waals surface area contributed by atoms with Gasteiger partial charge in [-0.1, -0.05) is 51.9 Å². The third-order valence-corrected chi connectivity index (χ3v) is 3.28. The molecule has 0 amide bonds. The molecule has 2 heteroatoms. The number of methoxy groups -OCH3 is 1. The summed E-state index contributed by atoms with van der Waals surface area (Å²) in [6.45, 7) is 3.07. The molecule has 0 radical (unpaired) electrons. The molecule has 0 saturated heterocycles. The van der Waals surface area contributed by atoms with Gasteiger partial charge in [0.05, 0.1) is 6.10 Å². The Morgan fingerprint density at radius 2 is 1.35 bits per heavy atom. The van der Waals surface area contributed by atoms with Gasteiger partial charge in [0.2, 0.25) is 0 Å². The molecular formula is C15H32O2. The largest absolute Gasteiger partial charge is 0.393 e. The van der Waals surface area contributed by atoms with Crippen LogP contribution >= 0.6 is 0 Å². The van der Waals surface area contributed by atoms with Crippen LogP contribution in [0.25, 0.3) is 0 Å². The van der Waals surface area contributed by atoms with Crippen LogP contribution in [0.4, 0.5) is 0 Å². The second kappa shape index (κ2) is 14.0. The van der Waals surface area contributed by atoms with Gasteiger partial charge in [-0.2, -0.15) is 0 Å². The molecule has 2 nitrogen and oxygen atoms in total.